The monoisotopic (exact) mass is 330 g/mol. The highest BCUT2D eigenvalue weighted by Crippen LogP contribution is 2.39. The number of carbonyl (C=O) groups excluding carboxylic acids is 1. The zero-order valence-electron chi connectivity index (χ0n) is 13.1. The Labute approximate surface area is 132 Å². The molecule has 0 aromatic carbocycles. The Bertz CT molecular complexity index is 514. The Balaban J connectivity index is 1.63. The standard InChI is InChI=1S/C15H26N2O4S/c1-22(19,20)17-13-12(11-8-9-21-14(11)13)16-15(18)10-6-4-2-3-5-7-10/h10-14,17H,2-9H2,1H3,(H,16,18)/t11-,12+,13-,14-/m1/s1. The fraction of sp³-hybridized carbons (Fsp3) is 0.933. The van der Waals surface area contributed by atoms with Crippen molar-refractivity contribution in [2.75, 3.05) is 12.9 Å². The molecule has 7 heteroatoms. The molecule has 2 saturated carbocycles. The van der Waals surface area contributed by atoms with Crippen LogP contribution in [0.15, 0.2) is 0 Å². The maximum absolute atomic E-state index is 12.5. The predicted molar refractivity (Wildman–Crippen MR) is 82.7 cm³/mol. The second-order valence-corrected chi connectivity index (χ2v) is 8.71. The largest absolute Gasteiger partial charge is 0.376 e. The first-order valence-electron chi connectivity index (χ1n) is 8.35. The number of rotatable bonds is 4. The van der Waals surface area contributed by atoms with E-state index in [2.05, 4.69) is 10.0 Å². The number of hydrogen-bond donors (Lipinski definition) is 2. The average Bonchev–Trinajstić information content (AvgIpc) is 2.67. The molecular weight excluding hydrogens is 304 g/mol. The van der Waals surface area contributed by atoms with Crippen LogP contribution in [0.3, 0.4) is 0 Å². The van der Waals surface area contributed by atoms with Gasteiger partial charge < -0.3 is 10.1 Å². The summed E-state index contributed by atoms with van der Waals surface area (Å²) in [5.74, 6) is 0.425. The lowest BCUT2D eigenvalue weighted by molar-refractivity contribution is -0.129. The molecule has 2 aliphatic carbocycles. The third kappa shape index (κ3) is 3.46. The Morgan fingerprint density at radius 1 is 1.05 bits per heavy atom. The summed E-state index contributed by atoms with van der Waals surface area (Å²) in [6.07, 6.45) is 8.51. The van der Waals surface area contributed by atoms with Crippen LogP contribution >= 0.6 is 0 Å². The van der Waals surface area contributed by atoms with Gasteiger partial charge in [0.15, 0.2) is 0 Å². The molecule has 4 atom stereocenters. The van der Waals surface area contributed by atoms with Crippen molar-refractivity contribution < 1.29 is 17.9 Å². The van der Waals surface area contributed by atoms with Gasteiger partial charge in [-0.2, -0.15) is 0 Å². The molecule has 0 aromatic rings. The van der Waals surface area contributed by atoms with Gasteiger partial charge in [0.2, 0.25) is 15.9 Å². The van der Waals surface area contributed by atoms with Gasteiger partial charge in [0.25, 0.3) is 0 Å². The first-order valence-corrected chi connectivity index (χ1v) is 10.2. The number of carbonyl (C=O) groups is 1. The van der Waals surface area contributed by atoms with Gasteiger partial charge in [0.1, 0.15) is 0 Å². The number of ether oxygens (including phenoxy) is 1. The van der Waals surface area contributed by atoms with Crippen LogP contribution in [0.5, 0.6) is 0 Å². The summed E-state index contributed by atoms with van der Waals surface area (Å²) < 4.78 is 31.3. The fourth-order valence-electron chi connectivity index (χ4n) is 4.12. The molecule has 1 aliphatic heterocycles. The van der Waals surface area contributed by atoms with E-state index in [9.17, 15) is 13.2 Å². The van der Waals surface area contributed by atoms with Crippen molar-refractivity contribution in [3.63, 3.8) is 0 Å². The van der Waals surface area contributed by atoms with E-state index in [0.29, 0.717) is 6.61 Å². The predicted octanol–water partition coefficient (Wildman–Crippen LogP) is 0.778. The molecule has 0 aromatic heterocycles. The lowest BCUT2D eigenvalue weighted by Crippen LogP contribution is -2.71. The first kappa shape index (κ1) is 16.2. The van der Waals surface area contributed by atoms with Crippen molar-refractivity contribution in [3.05, 3.63) is 0 Å². The van der Waals surface area contributed by atoms with Crippen LogP contribution in [0.25, 0.3) is 0 Å². The molecule has 22 heavy (non-hydrogen) atoms. The van der Waals surface area contributed by atoms with E-state index in [1.165, 1.54) is 12.8 Å². The zero-order valence-corrected chi connectivity index (χ0v) is 13.9. The van der Waals surface area contributed by atoms with Crippen molar-refractivity contribution in [1.82, 2.24) is 10.0 Å². The molecule has 1 heterocycles. The van der Waals surface area contributed by atoms with Gasteiger partial charge in [-0.25, -0.2) is 13.1 Å². The van der Waals surface area contributed by atoms with Gasteiger partial charge in [-0.1, -0.05) is 25.7 Å². The van der Waals surface area contributed by atoms with Crippen LogP contribution in [0.4, 0.5) is 0 Å². The van der Waals surface area contributed by atoms with Gasteiger partial charge >= 0.3 is 0 Å². The minimum Gasteiger partial charge on any atom is -0.376 e. The zero-order chi connectivity index (χ0) is 15.7. The highest BCUT2D eigenvalue weighted by atomic mass is 32.2. The maximum atomic E-state index is 12.5. The Kier molecular flexibility index (Phi) is 4.75. The van der Waals surface area contributed by atoms with E-state index >= 15 is 0 Å². The number of nitrogens with one attached hydrogen (secondary N) is 2. The maximum Gasteiger partial charge on any atom is 0.223 e. The SMILES string of the molecule is CS(=O)(=O)N[C@@H]1[C@@H](NC(=O)C2CCCCCC2)[C@H]2CCO[C@H]21. The minimum absolute atomic E-state index is 0.0859. The molecule has 6 nitrogen and oxygen atoms in total. The molecule has 126 valence electrons. The number of amides is 1. The lowest BCUT2D eigenvalue weighted by Gasteiger charge is -2.47. The summed E-state index contributed by atoms with van der Waals surface area (Å²) in [6, 6.07) is -0.449. The summed E-state index contributed by atoms with van der Waals surface area (Å²) in [7, 11) is -3.30. The van der Waals surface area contributed by atoms with Crippen LogP contribution in [-0.4, -0.2) is 45.4 Å². The average molecular weight is 330 g/mol. The van der Waals surface area contributed by atoms with Crippen LogP contribution in [-0.2, 0) is 19.6 Å². The van der Waals surface area contributed by atoms with Crippen LogP contribution < -0.4 is 10.0 Å². The van der Waals surface area contributed by atoms with Crippen molar-refractivity contribution in [3.8, 4) is 0 Å². The molecule has 1 saturated heterocycles. The van der Waals surface area contributed by atoms with Crippen molar-refractivity contribution in [2.24, 2.45) is 11.8 Å². The van der Waals surface area contributed by atoms with Crippen molar-refractivity contribution in [1.29, 1.82) is 0 Å². The molecule has 3 rings (SSSR count). The number of hydrogen-bond acceptors (Lipinski definition) is 4. The summed E-state index contributed by atoms with van der Waals surface area (Å²) in [6.45, 7) is 0.646. The van der Waals surface area contributed by atoms with E-state index in [1.807, 2.05) is 0 Å². The molecule has 3 fully saturated rings. The normalized spacial score (nSPS) is 36.2. The van der Waals surface area contributed by atoms with Crippen LogP contribution in [0.1, 0.15) is 44.9 Å². The molecule has 1 amide bonds. The second-order valence-electron chi connectivity index (χ2n) is 6.93. The van der Waals surface area contributed by atoms with E-state index in [1.54, 1.807) is 0 Å². The topological polar surface area (TPSA) is 84.5 Å². The Hall–Kier alpha value is -0.660. The van der Waals surface area contributed by atoms with Crippen molar-refractivity contribution >= 4 is 15.9 Å². The van der Waals surface area contributed by atoms with E-state index in [-0.39, 0.29) is 35.9 Å². The van der Waals surface area contributed by atoms with Crippen LogP contribution in [0, 0.1) is 11.8 Å². The molecule has 3 aliphatic rings. The summed E-state index contributed by atoms with van der Waals surface area (Å²) in [5, 5.41) is 3.11. The highest BCUT2D eigenvalue weighted by molar-refractivity contribution is 7.88. The van der Waals surface area contributed by atoms with Gasteiger partial charge in [0.05, 0.1) is 24.4 Å². The number of fused-ring (bicyclic) bond motifs is 1. The Morgan fingerprint density at radius 3 is 2.36 bits per heavy atom. The van der Waals surface area contributed by atoms with E-state index in [4.69, 9.17) is 4.74 Å². The smallest absolute Gasteiger partial charge is 0.223 e. The summed E-state index contributed by atoms with van der Waals surface area (Å²) in [4.78, 5) is 12.5. The van der Waals surface area contributed by atoms with Gasteiger partial charge in [-0.3, -0.25) is 4.79 Å². The van der Waals surface area contributed by atoms with E-state index in [0.717, 1.165) is 38.4 Å². The van der Waals surface area contributed by atoms with E-state index < -0.39 is 10.0 Å². The molecule has 0 unspecified atom stereocenters. The second kappa shape index (κ2) is 6.45. The number of sulfonamides is 1. The lowest BCUT2D eigenvalue weighted by atomic mass is 9.72. The third-order valence-electron chi connectivity index (χ3n) is 5.27. The van der Waals surface area contributed by atoms with Crippen LogP contribution in [0.2, 0.25) is 0 Å². The molecule has 0 spiro atoms. The quantitative estimate of drug-likeness (QED) is 0.746. The highest BCUT2D eigenvalue weighted by Gasteiger charge is 2.55. The molecule has 2 N–H and O–H groups in total. The molecule has 0 bridgehead atoms. The van der Waals surface area contributed by atoms with Gasteiger partial charge in [0, 0.05) is 18.4 Å². The Morgan fingerprint density at radius 2 is 1.73 bits per heavy atom. The summed E-state index contributed by atoms with van der Waals surface area (Å²) >= 11 is 0. The molecule has 0 radical (unpaired) electrons. The van der Waals surface area contributed by atoms with Gasteiger partial charge in [-0.05, 0) is 19.3 Å². The molecular formula is C15H26N2O4S. The fourth-order valence-corrected chi connectivity index (χ4v) is 4.89. The minimum atomic E-state index is -3.30. The van der Waals surface area contributed by atoms with Gasteiger partial charge in [-0.15, -0.1) is 0 Å². The summed E-state index contributed by atoms with van der Waals surface area (Å²) in [5.41, 5.74) is 0. The van der Waals surface area contributed by atoms with Crippen molar-refractivity contribution in [2.45, 2.75) is 63.1 Å². The third-order valence-corrected chi connectivity index (χ3v) is 5.97. The first-order chi connectivity index (χ1) is 10.5.